The quantitative estimate of drug-likeness (QED) is 0.242. The average Bonchev–Trinajstić information content (AvgIpc) is 2.81. The second-order valence-electron chi connectivity index (χ2n) is 10.4. The number of carbonyl (C=O) groups is 3. The minimum atomic E-state index is -1.14. The predicted molar refractivity (Wildman–Crippen MR) is 147 cm³/mol. The van der Waals surface area contributed by atoms with Gasteiger partial charge in [0.25, 0.3) is 5.91 Å². The minimum absolute atomic E-state index is 0.0631. The zero-order valence-corrected chi connectivity index (χ0v) is 23.1. The van der Waals surface area contributed by atoms with Crippen LogP contribution < -0.4 is 10.6 Å². The van der Waals surface area contributed by atoms with Gasteiger partial charge in [0.2, 0.25) is 5.91 Å². The Morgan fingerprint density at radius 3 is 2.21 bits per heavy atom. The highest BCUT2D eigenvalue weighted by atomic mass is 16.6. The van der Waals surface area contributed by atoms with Crippen molar-refractivity contribution in [2.45, 2.75) is 78.5 Å². The molecule has 0 aliphatic rings. The lowest BCUT2D eigenvalue weighted by atomic mass is 9.98. The van der Waals surface area contributed by atoms with Crippen molar-refractivity contribution < 1.29 is 24.2 Å². The zero-order valence-electron chi connectivity index (χ0n) is 23.1. The molecule has 0 saturated carbocycles. The van der Waals surface area contributed by atoms with Gasteiger partial charge in [-0.15, -0.1) is 0 Å². The summed E-state index contributed by atoms with van der Waals surface area (Å²) in [7, 11) is 0. The number of benzene rings is 2. The fourth-order valence-electron chi connectivity index (χ4n) is 4.02. The van der Waals surface area contributed by atoms with Crippen LogP contribution in [0.15, 0.2) is 42.5 Å². The molecule has 0 fully saturated rings. The number of nitrogens with zero attached hydrogens (tertiary/aromatic N) is 1. The molecule has 8 heteroatoms. The lowest BCUT2D eigenvalue weighted by molar-refractivity contribution is -0.138. The highest BCUT2D eigenvalue weighted by molar-refractivity contribution is 5.93. The summed E-state index contributed by atoms with van der Waals surface area (Å²) in [6.45, 7) is 11.4. The number of nitrogens with one attached hydrogen (secondary N) is 2. The van der Waals surface area contributed by atoms with Gasteiger partial charge in [0, 0.05) is 19.0 Å². The van der Waals surface area contributed by atoms with Crippen molar-refractivity contribution in [2.75, 3.05) is 6.54 Å². The number of hydrogen-bond acceptors (Lipinski definition) is 5. The molecule has 8 nitrogen and oxygen atoms in total. The predicted octanol–water partition coefficient (Wildman–Crippen LogP) is 4.52. The Morgan fingerprint density at radius 1 is 1.08 bits per heavy atom. The van der Waals surface area contributed by atoms with Crippen molar-refractivity contribution in [2.24, 2.45) is 0 Å². The lowest BCUT2D eigenvalue weighted by Gasteiger charge is -2.31. The Labute approximate surface area is 225 Å². The third kappa shape index (κ3) is 9.15. The molecule has 38 heavy (non-hydrogen) atoms. The molecule has 0 radical (unpaired) electrons. The maximum Gasteiger partial charge on any atom is 0.408 e. The van der Waals surface area contributed by atoms with Gasteiger partial charge < -0.3 is 20.5 Å². The summed E-state index contributed by atoms with van der Waals surface area (Å²) in [5.41, 5.74) is 2.29. The summed E-state index contributed by atoms with van der Waals surface area (Å²) in [4.78, 5) is 41.1. The van der Waals surface area contributed by atoms with Crippen LogP contribution in [0, 0.1) is 26.3 Å². The molecule has 2 aromatic rings. The van der Waals surface area contributed by atoms with E-state index in [9.17, 15) is 19.5 Å². The van der Waals surface area contributed by atoms with Gasteiger partial charge in [-0.3, -0.25) is 14.5 Å². The third-order valence-electron chi connectivity index (χ3n) is 5.64. The Bertz CT molecular complexity index is 1140. The van der Waals surface area contributed by atoms with Gasteiger partial charge in [-0.2, -0.15) is 0 Å². The standard InChI is InChI=1S/C30H39N3O5/c1-8-10-15-31-27(35)26(23-17-20(3)16-21(4)18-23)33(9-2)28(36)25(32-29(37)38-30(5,6)7)19-22-11-13-24(34)14-12-22/h2,11-14,16-18,25-26,34H,8,10,15,19H2,1,3-7H3,(H,31,35)(H,32,37). The number of aryl methyl sites for hydroxylation is 2. The number of alkyl carbamates (subject to hydrolysis) is 1. The van der Waals surface area contributed by atoms with E-state index < -0.39 is 35.6 Å². The van der Waals surface area contributed by atoms with E-state index in [4.69, 9.17) is 11.2 Å². The molecule has 2 aromatic carbocycles. The third-order valence-corrected chi connectivity index (χ3v) is 5.64. The monoisotopic (exact) mass is 521 g/mol. The van der Waals surface area contributed by atoms with Crippen LogP contribution in [0.2, 0.25) is 0 Å². The first-order valence-corrected chi connectivity index (χ1v) is 12.8. The molecule has 0 heterocycles. The molecule has 2 unspecified atom stereocenters. The molecular formula is C30H39N3O5. The van der Waals surface area contributed by atoms with Crippen molar-refractivity contribution in [3.8, 4) is 18.2 Å². The van der Waals surface area contributed by atoms with E-state index in [1.54, 1.807) is 32.9 Å². The fraction of sp³-hybridized carbons (Fsp3) is 0.433. The molecule has 0 aliphatic carbocycles. The number of rotatable bonds is 10. The molecule has 204 valence electrons. The number of terminal acetylenes is 1. The number of phenolic OH excluding ortho intramolecular Hbond substituents is 1. The number of carbonyl (C=O) groups excluding carboxylic acids is 3. The van der Waals surface area contributed by atoms with E-state index in [2.05, 4.69) is 16.7 Å². The largest absolute Gasteiger partial charge is 0.508 e. The highest BCUT2D eigenvalue weighted by Crippen LogP contribution is 2.25. The lowest BCUT2D eigenvalue weighted by Crippen LogP contribution is -2.52. The molecule has 0 aromatic heterocycles. The highest BCUT2D eigenvalue weighted by Gasteiger charge is 2.36. The Kier molecular flexibility index (Phi) is 10.8. The van der Waals surface area contributed by atoms with E-state index in [0.29, 0.717) is 17.7 Å². The first-order valence-electron chi connectivity index (χ1n) is 12.8. The Hall–Kier alpha value is -3.99. The van der Waals surface area contributed by atoms with Gasteiger partial charge in [-0.1, -0.05) is 61.2 Å². The molecule has 3 N–H and O–H groups in total. The van der Waals surface area contributed by atoms with Crippen LogP contribution in [0.25, 0.3) is 0 Å². The van der Waals surface area contributed by atoms with Crippen molar-refractivity contribution >= 4 is 17.9 Å². The van der Waals surface area contributed by atoms with E-state index in [0.717, 1.165) is 28.9 Å². The molecule has 0 spiro atoms. The molecule has 0 saturated heterocycles. The summed E-state index contributed by atoms with van der Waals surface area (Å²) in [6, 6.07) is 12.0. The fourth-order valence-corrected chi connectivity index (χ4v) is 4.02. The van der Waals surface area contributed by atoms with E-state index >= 15 is 0 Å². The SMILES string of the molecule is C#CN(C(=O)C(Cc1ccc(O)cc1)NC(=O)OC(C)(C)C)C(C(=O)NCCCC)c1cc(C)cc(C)c1. The Balaban J connectivity index is 2.50. The van der Waals surface area contributed by atoms with Crippen molar-refractivity contribution in [1.29, 1.82) is 0 Å². The van der Waals surface area contributed by atoms with Crippen molar-refractivity contribution in [3.05, 3.63) is 64.7 Å². The van der Waals surface area contributed by atoms with Crippen molar-refractivity contribution in [3.63, 3.8) is 0 Å². The van der Waals surface area contributed by atoms with Crippen LogP contribution in [-0.2, 0) is 20.7 Å². The van der Waals surface area contributed by atoms with Crippen LogP contribution in [-0.4, -0.2) is 46.1 Å². The summed E-state index contributed by atoms with van der Waals surface area (Å²) < 4.78 is 5.39. The van der Waals surface area contributed by atoms with Crippen molar-refractivity contribution in [1.82, 2.24) is 15.5 Å². The van der Waals surface area contributed by atoms with E-state index in [1.165, 1.54) is 12.1 Å². The number of hydrogen-bond donors (Lipinski definition) is 3. The topological polar surface area (TPSA) is 108 Å². The van der Waals surface area contributed by atoms with Crippen LogP contribution >= 0.6 is 0 Å². The van der Waals surface area contributed by atoms with Crippen LogP contribution in [0.3, 0.4) is 0 Å². The summed E-state index contributed by atoms with van der Waals surface area (Å²) in [5, 5.41) is 15.2. The van der Waals surface area contributed by atoms with Gasteiger partial charge in [-0.25, -0.2) is 4.79 Å². The molecule has 0 bridgehead atoms. The number of unbranched alkanes of at least 4 members (excludes halogenated alkanes) is 1. The molecular weight excluding hydrogens is 482 g/mol. The van der Waals surface area contributed by atoms with Crippen LogP contribution in [0.4, 0.5) is 4.79 Å². The minimum Gasteiger partial charge on any atom is -0.508 e. The first-order chi connectivity index (χ1) is 17.8. The van der Waals surface area contributed by atoms with Gasteiger partial charge in [0.1, 0.15) is 23.4 Å². The summed E-state index contributed by atoms with van der Waals surface area (Å²) >= 11 is 0. The normalized spacial score (nSPS) is 12.6. The number of aromatic hydroxyl groups is 1. The smallest absolute Gasteiger partial charge is 0.408 e. The van der Waals surface area contributed by atoms with Crippen LogP contribution in [0.1, 0.15) is 68.8 Å². The van der Waals surface area contributed by atoms with Gasteiger partial charge >= 0.3 is 6.09 Å². The number of phenols is 1. The van der Waals surface area contributed by atoms with Gasteiger partial charge in [-0.05, 0) is 64.3 Å². The molecule has 2 rings (SSSR count). The maximum absolute atomic E-state index is 13.9. The molecule has 3 amide bonds. The number of amides is 3. The second kappa shape index (κ2) is 13.5. The molecule has 0 aliphatic heterocycles. The average molecular weight is 522 g/mol. The second-order valence-corrected chi connectivity index (χ2v) is 10.4. The van der Waals surface area contributed by atoms with Gasteiger partial charge in [0.05, 0.1) is 0 Å². The maximum atomic E-state index is 13.9. The first kappa shape index (κ1) is 30.2. The van der Waals surface area contributed by atoms with E-state index in [1.807, 2.05) is 39.0 Å². The van der Waals surface area contributed by atoms with Crippen LogP contribution in [0.5, 0.6) is 5.75 Å². The number of ether oxygens (including phenoxy) is 1. The summed E-state index contributed by atoms with van der Waals surface area (Å²) in [6.07, 6.45) is 6.80. The van der Waals surface area contributed by atoms with E-state index in [-0.39, 0.29) is 12.2 Å². The zero-order chi connectivity index (χ0) is 28.5. The summed E-state index contributed by atoms with van der Waals surface area (Å²) in [5.74, 6) is -0.975. The van der Waals surface area contributed by atoms with Gasteiger partial charge in [0.15, 0.2) is 0 Å². The molecule has 2 atom stereocenters. The Morgan fingerprint density at radius 2 is 1.68 bits per heavy atom.